The molecular weight excluding hydrogens is 267 g/mol. The summed E-state index contributed by atoms with van der Waals surface area (Å²) in [5, 5.41) is 0. The van der Waals surface area contributed by atoms with Gasteiger partial charge in [-0.2, -0.15) is 0 Å². The molecule has 1 aromatic carbocycles. The SMILES string of the molecule is CC1CCCN(C(=O)c2ccc(C#CCN)cc2F)C1C. The zero-order valence-electron chi connectivity index (χ0n) is 12.5. The first kappa shape index (κ1) is 15.5. The molecule has 0 aromatic heterocycles. The summed E-state index contributed by atoms with van der Waals surface area (Å²) in [5.74, 6) is 5.13. The van der Waals surface area contributed by atoms with E-state index in [0.29, 0.717) is 18.0 Å². The normalized spacial score (nSPS) is 21.6. The van der Waals surface area contributed by atoms with Crippen molar-refractivity contribution in [2.45, 2.75) is 32.7 Å². The predicted octanol–water partition coefficient (Wildman–Crippen LogP) is 2.40. The summed E-state index contributed by atoms with van der Waals surface area (Å²) < 4.78 is 14.2. The zero-order chi connectivity index (χ0) is 15.4. The van der Waals surface area contributed by atoms with Crippen LogP contribution in [0.4, 0.5) is 4.39 Å². The number of amides is 1. The van der Waals surface area contributed by atoms with Crippen molar-refractivity contribution in [3.63, 3.8) is 0 Å². The van der Waals surface area contributed by atoms with Crippen molar-refractivity contribution in [3.8, 4) is 11.8 Å². The monoisotopic (exact) mass is 288 g/mol. The molecule has 1 saturated heterocycles. The van der Waals surface area contributed by atoms with Crippen molar-refractivity contribution in [1.29, 1.82) is 0 Å². The fraction of sp³-hybridized carbons (Fsp3) is 0.471. The van der Waals surface area contributed by atoms with Crippen LogP contribution in [0.25, 0.3) is 0 Å². The Kier molecular flexibility index (Phi) is 4.98. The molecule has 2 atom stereocenters. The van der Waals surface area contributed by atoms with Crippen LogP contribution in [0, 0.1) is 23.6 Å². The van der Waals surface area contributed by atoms with Crippen LogP contribution in [0.5, 0.6) is 0 Å². The number of hydrogen-bond acceptors (Lipinski definition) is 2. The molecule has 1 aliphatic heterocycles. The van der Waals surface area contributed by atoms with Crippen LogP contribution in [0.3, 0.4) is 0 Å². The van der Waals surface area contributed by atoms with E-state index in [1.54, 1.807) is 11.0 Å². The lowest BCUT2D eigenvalue weighted by Gasteiger charge is -2.38. The van der Waals surface area contributed by atoms with Crippen LogP contribution >= 0.6 is 0 Å². The summed E-state index contributed by atoms with van der Waals surface area (Å²) in [6, 6.07) is 4.62. The molecule has 0 radical (unpaired) electrons. The van der Waals surface area contributed by atoms with Gasteiger partial charge in [0.15, 0.2) is 0 Å². The van der Waals surface area contributed by atoms with Gasteiger partial charge in [0.1, 0.15) is 5.82 Å². The minimum Gasteiger partial charge on any atom is -0.336 e. The van der Waals surface area contributed by atoms with E-state index in [1.165, 1.54) is 12.1 Å². The highest BCUT2D eigenvalue weighted by Crippen LogP contribution is 2.25. The summed E-state index contributed by atoms with van der Waals surface area (Å²) in [5.41, 5.74) is 5.95. The number of carbonyl (C=O) groups is 1. The molecule has 21 heavy (non-hydrogen) atoms. The molecule has 112 valence electrons. The Balaban J connectivity index is 2.23. The molecule has 0 saturated carbocycles. The number of nitrogens with zero attached hydrogens (tertiary/aromatic N) is 1. The molecule has 2 N–H and O–H groups in total. The van der Waals surface area contributed by atoms with Crippen molar-refractivity contribution < 1.29 is 9.18 Å². The fourth-order valence-corrected chi connectivity index (χ4v) is 2.70. The second kappa shape index (κ2) is 6.73. The number of hydrogen-bond donors (Lipinski definition) is 1. The summed E-state index contributed by atoms with van der Waals surface area (Å²) in [6.07, 6.45) is 2.08. The van der Waals surface area contributed by atoms with Crippen molar-refractivity contribution in [3.05, 3.63) is 35.1 Å². The van der Waals surface area contributed by atoms with E-state index in [0.717, 1.165) is 12.8 Å². The molecule has 2 unspecified atom stereocenters. The highest BCUT2D eigenvalue weighted by Gasteiger charge is 2.30. The third-order valence-corrected chi connectivity index (χ3v) is 4.17. The Morgan fingerprint density at radius 2 is 2.24 bits per heavy atom. The van der Waals surface area contributed by atoms with Crippen LogP contribution in [-0.4, -0.2) is 29.9 Å². The van der Waals surface area contributed by atoms with Gasteiger partial charge in [-0.3, -0.25) is 4.79 Å². The quantitative estimate of drug-likeness (QED) is 0.807. The number of piperidine rings is 1. The van der Waals surface area contributed by atoms with E-state index >= 15 is 0 Å². The minimum atomic E-state index is -0.519. The molecule has 0 bridgehead atoms. The third kappa shape index (κ3) is 3.43. The Labute approximate surface area is 125 Å². The topological polar surface area (TPSA) is 46.3 Å². The van der Waals surface area contributed by atoms with E-state index in [2.05, 4.69) is 18.8 Å². The smallest absolute Gasteiger partial charge is 0.257 e. The van der Waals surface area contributed by atoms with Gasteiger partial charge in [-0.05, 0) is 43.9 Å². The molecular formula is C17H21FN2O. The number of benzene rings is 1. The van der Waals surface area contributed by atoms with Gasteiger partial charge >= 0.3 is 0 Å². The average Bonchev–Trinajstić information content (AvgIpc) is 2.47. The third-order valence-electron chi connectivity index (χ3n) is 4.17. The Morgan fingerprint density at radius 1 is 1.48 bits per heavy atom. The summed E-state index contributed by atoms with van der Waals surface area (Å²) in [4.78, 5) is 14.3. The first-order chi connectivity index (χ1) is 10.0. The number of carbonyl (C=O) groups excluding carboxylic acids is 1. The molecule has 0 spiro atoms. The van der Waals surface area contributed by atoms with Crippen LogP contribution in [0.1, 0.15) is 42.6 Å². The van der Waals surface area contributed by atoms with E-state index in [1.807, 2.05) is 6.92 Å². The summed E-state index contributed by atoms with van der Waals surface area (Å²) >= 11 is 0. The molecule has 2 rings (SSSR count). The van der Waals surface area contributed by atoms with Crippen molar-refractivity contribution >= 4 is 5.91 Å². The summed E-state index contributed by atoms with van der Waals surface area (Å²) in [7, 11) is 0. The van der Waals surface area contributed by atoms with Crippen molar-refractivity contribution in [1.82, 2.24) is 4.90 Å². The lowest BCUT2D eigenvalue weighted by Crippen LogP contribution is -2.46. The standard InChI is InChI=1S/C17H21FN2O/c1-12-5-4-10-20(13(12)2)17(21)15-8-7-14(6-3-9-19)11-16(15)18/h7-8,11-13H,4-5,9-10,19H2,1-2H3. The van der Waals surface area contributed by atoms with E-state index < -0.39 is 5.82 Å². The lowest BCUT2D eigenvalue weighted by molar-refractivity contribution is 0.0546. The number of likely N-dealkylation sites (tertiary alicyclic amines) is 1. The van der Waals surface area contributed by atoms with Crippen LogP contribution < -0.4 is 5.73 Å². The fourth-order valence-electron chi connectivity index (χ4n) is 2.70. The molecule has 0 aliphatic carbocycles. The van der Waals surface area contributed by atoms with Gasteiger partial charge in [0.25, 0.3) is 5.91 Å². The molecule has 3 nitrogen and oxygen atoms in total. The first-order valence-corrected chi connectivity index (χ1v) is 7.34. The number of nitrogens with two attached hydrogens (primary N) is 1. The van der Waals surface area contributed by atoms with Gasteiger partial charge in [-0.25, -0.2) is 4.39 Å². The van der Waals surface area contributed by atoms with Crippen LogP contribution in [-0.2, 0) is 0 Å². The van der Waals surface area contributed by atoms with E-state index in [9.17, 15) is 9.18 Å². The van der Waals surface area contributed by atoms with Gasteiger partial charge in [0.2, 0.25) is 0 Å². The Morgan fingerprint density at radius 3 is 2.90 bits per heavy atom. The molecule has 1 amide bonds. The van der Waals surface area contributed by atoms with Crippen LogP contribution in [0.2, 0.25) is 0 Å². The number of rotatable bonds is 1. The van der Waals surface area contributed by atoms with Gasteiger partial charge in [-0.1, -0.05) is 18.8 Å². The Hall–Kier alpha value is -1.86. The second-order valence-corrected chi connectivity index (χ2v) is 5.56. The molecule has 1 heterocycles. The molecule has 1 fully saturated rings. The lowest BCUT2D eigenvalue weighted by atomic mass is 9.91. The van der Waals surface area contributed by atoms with Crippen molar-refractivity contribution in [2.75, 3.05) is 13.1 Å². The largest absolute Gasteiger partial charge is 0.336 e. The van der Waals surface area contributed by atoms with Gasteiger partial charge in [0, 0.05) is 18.2 Å². The molecule has 1 aromatic rings. The summed E-state index contributed by atoms with van der Waals surface area (Å²) in [6.45, 7) is 5.08. The van der Waals surface area contributed by atoms with Gasteiger partial charge in [-0.15, -0.1) is 0 Å². The second-order valence-electron chi connectivity index (χ2n) is 5.56. The maximum atomic E-state index is 14.2. The highest BCUT2D eigenvalue weighted by atomic mass is 19.1. The Bertz CT molecular complexity index is 588. The predicted molar refractivity (Wildman–Crippen MR) is 81.2 cm³/mol. The van der Waals surface area contributed by atoms with E-state index in [4.69, 9.17) is 5.73 Å². The maximum absolute atomic E-state index is 14.2. The van der Waals surface area contributed by atoms with Gasteiger partial charge in [0.05, 0.1) is 12.1 Å². The highest BCUT2D eigenvalue weighted by molar-refractivity contribution is 5.95. The first-order valence-electron chi connectivity index (χ1n) is 7.34. The zero-order valence-corrected chi connectivity index (χ0v) is 12.5. The number of halogens is 1. The molecule has 1 aliphatic rings. The molecule has 4 heteroatoms. The van der Waals surface area contributed by atoms with E-state index in [-0.39, 0.29) is 24.1 Å². The minimum absolute atomic E-state index is 0.120. The average molecular weight is 288 g/mol. The van der Waals surface area contributed by atoms with Crippen LogP contribution in [0.15, 0.2) is 18.2 Å². The van der Waals surface area contributed by atoms with Crippen molar-refractivity contribution in [2.24, 2.45) is 11.7 Å². The van der Waals surface area contributed by atoms with Gasteiger partial charge < -0.3 is 10.6 Å². The maximum Gasteiger partial charge on any atom is 0.257 e.